The second kappa shape index (κ2) is 6.28. The van der Waals surface area contributed by atoms with Crippen molar-refractivity contribution in [2.24, 2.45) is 11.7 Å². The summed E-state index contributed by atoms with van der Waals surface area (Å²) in [6.45, 7) is 4.05. The highest BCUT2D eigenvalue weighted by Gasteiger charge is 2.18. The quantitative estimate of drug-likeness (QED) is 0.793. The summed E-state index contributed by atoms with van der Waals surface area (Å²) < 4.78 is 0. The molecule has 0 unspecified atom stereocenters. The number of hydrogen-bond acceptors (Lipinski definition) is 4. The molecule has 6 heteroatoms. The van der Waals surface area contributed by atoms with Crippen LogP contribution in [0.2, 0.25) is 0 Å². The second-order valence-corrected chi connectivity index (χ2v) is 6.29. The number of thioether (sulfide) groups is 1. The highest BCUT2D eigenvalue weighted by atomic mass is 32.2. The first kappa shape index (κ1) is 14.9. The molecule has 4 N–H and O–H groups in total. The Morgan fingerprint density at radius 2 is 2.25 bits per heavy atom. The second-order valence-electron chi connectivity index (χ2n) is 5.27. The topological polar surface area (TPSA) is 84.2 Å². The lowest BCUT2D eigenvalue weighted by molar-refractivity contribution is -0.117. The van der Waals surface area contributed by atoms with Crippen LogP contribution in [0.15, 0.2) is 23.1 Å². The van der Waals surface area contributed by atoms with Gasteiger partial charge in [0, 0.05) is 10.6 Å². The standard InChI is InChI=1S/C14H19N3O2S/c1-8(2)5-10(15)14(19)16-9-3-4-12-11(6-9)17-13(18)7-20-12/h3-4,6,8,10H,5,7,15H2,1-2H3,(H,16,19)(H,17,18)/t10-/m0/s1. The van der Waals surface area contributed by atoms with Gasteiger partial charge in [-0.15, -0.1) is 11.8 Å². The Morgan fingerprint density at radius 3 is 2.95 bits per heavy atom. The van der Waals surface area contributed by atoms with Gasteiger partial charge < -0.3 is 16.4 Å². The van der Waals surface area contributed by atoms with Crippen molar-refractivity contribution in [3.05, 3.63) is 18.2 Å². The number of carbonyl (C=O) groups is 2. The summed E-state index contributed by atoms with van der Waals surface area (Å²) in [7, 11) is 0. The summed E-state index contributed by atoms with van der Waals surface area (Å²) in [5, 5.41) is 5.58. The Morgan fingerprint density at radius 1 is 1.50 bits per heavy atom. The van der Waals surface area contributed by atoms with E-state index in [4.69, 9.17) is 5.73 Å². The third kappa shape index (κ3) is 3.74. The van der Waals surface area contributed by atoms with E-state index in [0.717, 1.165) is 10.6 Å². The number of rotatable bonds is 4. The highest BCUT2D eigenvalue weighted by Crippen LogP contribution is 2.33. The molecule has 0 aliphatic carbocycles. The van der Waals surface area contributed by atoms with Crippen LogP contribution in [0.25, 0.3) is 0 Å². The van der Waals surface area contributed by atoms with Crippen molar-refractivity contribution in [2.75, 3.05) is 16.4 Å². The molecule has 0 aromatic heterocycles. The SMILES string of the molecule is CC(C)C[C@H](N)C(=O)Nc1ccc2c(c1)NC(=O)CS2. The van der Waals surface area contributed by atoms with E-state index in [9.17, 15) is 9.59 Å². The smallest absolute Gasteiger partial charge is 0.241 e. The van der Waals surface area contributed by atoms with Crippen LogP contribution in [0.4, 0.5) is 11.4 Å². The van der Waals surface area contributed by atoms with E-state index in [-0.39, 0.29) is 11.8 Å². The molecule has 1 aliphatic rings. The highest BCUT2D eigenvalue weighted by molar-refractivity contribution is 8.00. The number of carbonyl (C=O) groups excluding carboxylic acids is 2. The minimum atomic E-state index is -0.519. The number of benzene rings is 1. The van der Waals surface area contributed by atoms with Gasteiger partial charge in [0.05, 0.1) is 17.5 Å². The predicted octanol–water partition coefficient (Wildman–Crippen LogP) is 2.04. The molecule has 0 saturated carbocycles. The predicted molar refractivity (Wildman–Crippen MR) is 81.9 cm³/mol. The zero-order valence-corrected chi connectivity index (χ0v) is 12.4. The number of anilines is 2. The fourth-order valence-electron chi connectivity index (χ4n) is 2.01. The molecule has 1 aliphatic heterocycles. The van der Waals surface area contributed by atoms with Gasteiger partial charge in [-0.05, 0) is 30.5 Å². The zero-order chi connectivity index (χ0) is 14.7. The van der Waals surface area contributed by atoms with Crippen molar-refractivity contribution in [3.63, 3.8) is 0 Å². The molecule has 0 bridgehead atoms. The molecule has 5 nitrogen and oxygen atoms in total. The molecule has 108 valence electrons. The van der Waals surface area contributed by atoms with Crippen LogP contribution in [-0.4, -0.2) is 23.6 Å². The van der Waals surface area contributed by atoms with Crippen LogP contribution in [-0.2, 0) is 9.59 Å². The van der Waals surface area contributed by atoms with Gasteiger partial charge in [-0.1, -0.05) is 13.8 Å². The Bertz CT molecular complexity index is 531. The van der Waals surface area contributed by atoms with E-state index in [1.807, 2.05) is 26.0 Å². The van der Waals surface area contributed by atoms with Crippen LogP contribution < -0.4 is 16.4 Å². The fraction of sp³-hybridized carbons (Fsp3) is 0.429. The van der Waals surface area contributed by atoms with Crippen molar-refractivity contribution >= 4 is 35.0 Å². The van der Waals surface area contributed by atoms with Crippen molar-refractivity contribution in [2.45, 2.75) is 31.2 Å². The molecule has 1 aromatic carbocycles. The van der Waals surface area contributed by atoms with Gasteiger partial charge in [0.25, 0.3) is 0 Å². The van der Waals surface area contributed by atoms with Crippen LogP contribution in [0.5, 0.6) is 0 Å². The number of nitrogens with two attached hydrogens (primary N) is 1. The van der Waals surface area contributed by atoms with Gasteiger partial charge in [-0.3, -0.25) is 9.59 Å². The molecule has 0 saturated heterocycles. The molecule has 2 rings (SSSR count). The minimum absolute atomic E-state index is 0.0255. The summed E-state index contributed by atoms with van der Waals surface area (Å²) in [4.78, 5) is 24.3. The number of amides is 2. The molecule has 0 radical (unpaired) electrons. The summed E-state index contributed by atoms with van der Waals surface area (Å²) in [5.41, 5.74) is 7.23. The molecule has 1 heterocycles. The third-order valence-corrected chi connectivity index (χ3v) is 4.02. The first-order chi connectivity index (χ1) is 9.45. The fourth-order valence-corrected chi connectivity index (χ4v) is 2.80. The van der Waals surface area contributed by atoms with E-state index < -0.39 is 6.04 Å². The maximum absolute atomic E-state index is 12.0. The van der Waals surface area contributed by atoms with E-state index in [0.29, 0.717) is 23.8 Å². The first-order valence-electron chi connectivity index (χ1n) is 6.59. The van der Waals surface area contributed by atoms with Gasteiger partial charge in [-0.25, -0.2) is 0 Å². The van der Waals surface area contributed by atoms with E-state index in [1.54, 1.807) is 6.07 Å². The molecular formula is C14H19N3O2S. The van der Waals surface area contributed by atoms with E-state index in [1.165, 1.54) is 11.8 Å². The number of fused-ring (bicyclic) bond motifs is 1. The lowest BCUT2D eigenvalue weighted by Gasteiger charge is -2.18. The normalized spacial score (nSPS) is 15.5. The Hall–Kier alpha value is -1.53. The summed E-state index contributed by atoms with van der Waals surface area (Å²) in [5.74, 6) is 0.573. The summed E-state index contributed by atoms with van der Waals surface area (Å²) in [6.07, 6.45) is 0.642. The Balaban J connectivity index is 2.05. The monoisotopic (exact) mass is 293 g/mol. The average Bonchev–Trinajstić information content (AvgIpc) is 2.37. The molecular weight excluding hydrogens is 274 g/mol. The van der Waals surface area contributed by atoms with Crippen molar-refractivity contribution in [3.8, 4) is 0 Å². The molecule has 0 spiro atoms. The molecule has 20 heavy (non-hydrogen) atoms. The number of nitrogens with one attached hydrogen (secondary N) is 2. The maximum atomic E-state index is 12.0. The molecule has 1 atom stereocenters. The van der Waals surface area contributed by atoms with Gasteiger partial charge in [0.1, 0.15) is 0 Å². The molecule has 0 fully saturated rings. The lowest BCUT2D eigenvalue weighted by atomic mass is 10.0. The lowest BCUT2D eigenvalue weighted by Crippen LogP contribution is -2.36. The molecule has 2 amide bonds. The maximum Gasteiger partial charge on any atom is 0.241 e. The summed E-state index contributed by atoms with van der Waals surface area (Å²) in [6, 6.07) is 4.96. The molecule has 1 aromatic rings. The number of hydrogen-bond donors (Lipinski definition) is 3. The van der Waals surface area contributed by atoms with Crippen molar-refractivity contribution < 1.29 is 9.59 Å². The van der Waals surface area contributed by atoms with Gasteiger partial charge in [0.2, 0.25) is 11.8 Å². The van der Waals surface area contributed by atoms with Crippen LogP contribution >= 0.6 is 11.8 Å². The first-order valence-corrected chi connectivity index (χ1v) is 7.57. The van der Waals surface area contributed by atoms with Crippen molar-refractivity contribution in [1.82, 2.24) is 0 Å². The van der Waals surface area contributed by atoms with Crippen molar-refractivity contribution in [1.29, 1.82) is 0 Å². The third-order valence-electron chi connectivity index (χ3n) is 2.94. The van der Waals surface area contributed by atoms with E-state index >= 15 is 0 Å². The van der Waals surface area contributed by atoms with Crippen LogP contribution in [0.3, 0.4) is 0 Å². The minimum Gasteiger partial charge on any atom is -0.325 e. The van der Waals surface area contributed by atoms with Crippen LogP contribution in [0, 0.1) is 5.92 Å². The van der Waals surface area contributed by atoms with Gasteiger partial charge >= 0.3 is 0 Å². The van der Waals surface area contributed by atoms with E-state index in [2.05, 4.69) is 10.6 Å². The van der Waals surface area contributed by atoms with Gasteiger partial charge in [-0.2, -0.15) is 0 Å². The van der Waals surface area contributed by atoms with Gasteiger partial charge in [0.15, 0.2) is 0 Å². The zero-order valence-electron chi connectivity index (χ0n) is 11.6. The Kier molecular flexibility index (Phi) is 4.67. The van der Waals surface area contributed by atoms with Crippen LogP contribution in [0.1, 0.15) is 20.3 Å². The largest absolute Gasteiger partial charge is 0.325 e. The summed E-state index contributed by atoms with van der Waals surface area (Å²) >= 11 is 1.49. The average molecular weight is 293 g/mol. The Labute approximate surface area is 122 Å².